The van der Waals surface area contributed by atoms with Gasteiger partial charge in [0, 0.05) is 20.6 Å². The third-order valence-electron chi connectivity index (χ3n) is 2.02. The zero-order valence-electron chi connectivity index (χ0n) is 6.87. The summed E-state index contributed by atoms with van der Waals surface area (Å²) in [6.45, 7) is 0.475. The summed E-state index contributed by atoms with van der Waals surface area (Å²) >= 11 is 0. The van der Waals surface area contributed by atoms with E-state index < -0.39 is 12.1 Å². The third kappa shape index (κ3) is 1.90. The van der Waals surface area contributed by atoms with E-state index in [9.17, 15) is 0 Å². The summed E-state index contributed by atoms with van der Waals surface area (Å²) in [6, 6.07) is 0. The van der Waals surface area contributed by atoms with E-state index in [4.69, 9.17) is 19.3 Å². The first kappa shape index (κ1) is 8.93. The van der Waals surface area contributed by atoms with Crippen molar-refractivity contribution in [2.24, 2.45) is 0 Å². The Morgan fingerprint density at radius 1 is 1.45 bits per heavy atom. The molecule has 0 aromatic carbocycles. The fraction of sp³-hybridized carbons (Fsp3) is 1.00. The molecule has 1 fully saturated rings. The number of ether oxygens (including phenoxy) is 3. The van der Waals surface area contributed by atoms with E-state index in [2.05, 4.69) is 0 Å². The van der Waals surface area contributed by atoms with Gasteiger partial charge in [-0.3, -0.25) is 0 Å². The molecule has 0 amide bonds. The maximum absolute atomic E-state index is 9.12. The average molecular weight is 162 g/mol. The summed E-state index contributed by atoms with van der Waals surface area (Å²) in [4.78, 5) is 0. The zero-order valence-corrected chi connectivity index (χ0v) is 6.87. The van der Waals surface area contributed by atoms with Crippen LogP contribution in [0.5, 0.6) is 0 Å². The molecule has 0 aliphatic carbocycles. The van der Waals surface area contributed by atoms with Gasteiger partial charge in [-0.1, -0.05) is 0 Å². The second-order valence-corrected chi connectivity index (χ2v) is 2.60. The SMILES string of the molecule is COC1(OC)CCOC(O)C1. The van der Waals surface area contributed by atoms with Crippen LogP contribution in [0.2, 0.25) is 0 Å². The number of hydrogen-bond donors (Lipinski definition) is 1. The van der Waals surface area contributed by atoms with Crippen molar-refractivity contribution < 1.29 is 19.3 Å². The topological polar surface area (TPSA) is 47.9 Å². The number of aliphatic hydroxyl groups excluding tert-OH is 1. The molecule has 1 saturated heterocycles. The maximum Gasteiger partial charge on any atom is 0.174 e. The quantitative estimate of drug-likeness (QED) is 0.585. The molecule has 1 rings (SSSR count). The number of aliphatic hydroxyl groups is 1. The van der Waals surface area contributed by atoms with Crippen LogP contribution in [-0.2, 0) is 14.2 Å². The molecular formula is C7H14O4. The van der Waals surface area contributed by atoms with Gasteiger partial charge >= 0.3 is 0 Å². The van der Waals surface area contributed by atoms with Gasteiger partial charge in [-0.05, 0) is 0 Å². The molecule has 66 valence electrons. The number of rotatable bonds is 2. The predicted molar refractivity (Wildman–Crippen MR) is 37.9 cm³/mol. The average Bonchev–Trinajstić information content (AvgIpc) is 2.04. The van der Waals surface area contributed by atoms with E-state index in [1.54, 1.807) is 14.2 Å². The summed E-state index contributed by atoms with van der Waals surface area (Å²) in [6.07, 6.45) is 0.278. The van der Waals surface area contributed by atoms with Crippen LogP contribution in [0.4, 0.5) is 0 Å². The van der Waals surface area contributed by atoms with Crippen LogP contribution in [0.1, 0.15) is 12.8 Å². The van der Waals surface area contributed by atoms with Gasteiger partial charge in [0.05, 0.1) is 13.0 Å². The lowest BCUT2D eigenvalue weighted by Crippen LogP contribution is -2.43. The zero-order chi connectivity index (χ0) is 8.32. The van der Waals surface area contributed by atoms with E-state index in [0.717, 1.165) is 0 Å². The maximum atomic E-state index is 9.12. The Morgan fingerprint density at radius 3 is 2.45 bits per heavy atom. The molecule has 1 unspecified atom stereocenters. The molecule has 1 atom stereocenters. The van der Waals surface area contributed by atoms with Gasteiger partial charge in [-0.15, -0.1) is 0 Å². The van der Waals surface area contributed by atoms with Gasteiger partial charge in [0.15, 0.2) is 12.1 Å². The summed E-state index contributed by atoms with van der Waals surface area (Å²) in [5.41, 5.74) is 0. The van der Waals surface area contributed by atoms with E-state index in [1.165, 1.54) is 0 Å². The van der Waals surface area contributed by atoms with Gasteiger partial charge in [-0.2, -0.15) is 0 Å². The smallest absolute Gasteiger partial charge is 0.174 e. The standard InChI is InChI=1S/C7H14O4/c1-9-7(10-2)3-4-11-6(8)5-7/h6,8H,3-5H2,1-2H3. The summed E-state index contributed by atoms with van der Waals surface area (Å²) in [7, 11) is 3.14. The van der Waals surface area contributed by atoms with E-state index >= 15 is 0 Å². The molecule has 4 nitrogen and oxygen atoms in total. The van der Waals surface area contributed by atoms with Crippen molar-refractivity contribution in [3.63, 3.8) is 0 Å². The van der Waals surface area contributed by atoms with Crippen molar-refractivity contribution in [1.29, 1.82) is 0 Å². The molecule has 11 heavy (non-hydrogen) atoms. The van der Waals surface area contributed by atoms with E-state index in [0.29, 0.717) is 19.4 Å². The fourth-order valence-corrected chi connectivity index (χ4v) is 1.23. The first-order chi connectivity index (χ1) is 5.22. The first-order valence-electron chi connectivity index (χ1n) is 3.62. The van der Waals surface area contributed by atoms with Gasteiger partial charge in [0.25, 0.3) is 0 Å². The highest BCUT2D eigenvalue weighted by atomic mass is 16.7. The highest BCUT2D eigenvalue weighted by Gasteiger charge is 2.36. The normalized spacial score (nSPS) is 30.3. The fourth-order valence-electron chi connectivity index (χ4n) is 1.23. The van der Waals surface area contributed by atoms with Crippen LogP contribution in [0.25, 0.3) is 0 Å². The number of hydrogen-bond acceptors (Lipinski definition) is 4. The Balaban J connectivity index is 2.52. The lowest BCUT2D eigenvalue weighted by atomic mass is 10.1. The van der Waals surface area contributed by atoms with Gasteiger partial charge < -0.3 is 19.3 Å². The van der Waals surface area contributed by atoms with Crippen LogP contribution < -0.4 is 0 Å². The molecule has 0 spiro atoms. The lowest BCUT2D eigenvalue weighted by molar-refractivity contribution is -0.286. The second-order valence-electron chi connectivity index (χ2n) is 2.60. The van der Waals surface area contributed by atoms with Crippen molar-refractivity contribution in [2.45, 2.75) is 24.9 Å². The van der Waals surface area contributed by atoms with Crippen molar-refractivity contribution >= 4 is 0 Å². The minimum Gasteiger partial charge on any atom is -0.368 e. The summed E-state index contributed by atoms with van der Waals surface area (Å²) < 4.78 is 15.2. The molecule has 1 N–H and O–H groups in total. The third-order valence-corrected chi connectivity index (χ3v) is 2.02. The minimum absolute atomic E-state index is 0.375. The molecule has 1 heterocycles. The number of methoxy groups -OCH3 is 2. The highest BCUT2D eigenvalue weighted by Crippen LogP contribution is 2.27. The molecule has 4 heteroatoms. The monoisotopic (exact) mass is 162 g/mol. The van der Waals surface area contributed by atoms with Crippen molar-refractivity contribution in [3.8, 4) is 0 Å². The van der Waals surface area contributed by atoms with Gasteiger partial charge in [0.2, 0.25) is 0 Å². The van der Waals surface area contributed by atoms with E-state index in [-0.39, 0.29) is 0 Å². The predicted octanol–water partition coefficient (Wildman–Crippen LogP) is 0.104. The molecule has 0 bridgehead atoms. The summed E-state index contributed by atoms with van der Waals surface area (Å²) in [5.74, 6) is -0.641. The molecule has 0 radical (unpaired) electrons. The molecule has 0 saturated carbocycles. The Labute approximate surface area is 66.1 Å². The lowest BCUT2D eigenvalue weighted by Gasteiger charge is -2.36. The molecule has 0 aromatic rings. The summed E-state index contributed by atoms with van der Waals surface area (Å²) in [5, 5.41) is 9.12. The van der Waals surface area contributed by atoms with Crippen LogP contribution >= 0.6 is 0 Å². The van der Waals surface area contributed by atoms with Crippen molar-refractivity contribution in [1.82, 2.24) is 0 Å². The Morgan fingerprint density at radius 2 is 2.09 bits per heavy atom. The molecule has 1 aliphatic rings. The highest BCUT2D eigenvalue weighted by molar-refractivity contribution is 4.74. The van der Waals surface area contributed by atoms with Gasteiger partial charge in [-0.25, -0.2) is 0 Å². The Kier molecular flexibility index (Phi) is 2.84. The molecule has 0 aromatic heterocycles. The largest absolute Gasteiger partial charge is 0.368 e. The van der Waals surface area contributed by atoms with Crippen LogP contribution in [0.3, 0.4) is 0 Å². The Bertz CT molecular complexity index is 122. The van der Waals surface area contributed by atoms with Gasteiger partial charge in [0.1, 0.15) is 0 Å². The van der Waals surface area contributed by atoms with E-state index in [1.807, 2.05) is 0 Å². The molecular weight excluding hydrogens is 148 g/mol. The first-order valence-corrected chi connectivity index (χ1v) is 3.62. The molecule has 1 aliphatic heterocycles. The van der Waals surface area contributed by atoms with Crippen LogP contribution in [0.15, 0.2) is 0 Å². The van der Waals surface area contributed by atoms with Crippen molar-refractivity contribution in [2.75, 3.05) is 20.8 Å². The second kappa shape index (κ2) is 3.49. The van der Waals surface area contributed by atoms with Crippen LogP contribution in [0, 0.1) is 0 Å². The van der Waals surface area contributed by atoms with Crippen LogP contribution in [-0.4, -0.2) is 38.0 Å². The van der Waals surface area contributed by atoms with Crippen molar-refractivity contribution in [3.05, 3.63) is 0 Å². The minimum atomic E-state index is -0.761. The Hall–Kier alpha value is -0.160.